The third-order valence-electron chi connectivity index (χ3n) is 3.61. The van der Waals surface area contributed by atoms with E-state index in [2.05, 4.69) is 0 Å². The molecule has 1 heterocycles. The summed E-state index contributed by atoms with van der Waals surface area (Å²) in [6.45, 7) is 1.75. The molecule has 1 aromatic carbocycles. The number of benzene rings is 1. The van der Waals surface area contributed by atoms with Crippen molar-refractivity contribution in [2.45, 2.75) is 18.2 Å². The van der Waals surface area contributed by atoms with Crippen molar-refractivity contribution in [1.82, 2.24) is 4.31 Å². The highest BCUT2D eigenvalue weighted by Crippen LogP contribution is 2.25. The van der Waals surface area contributed by atoms with Crippen LogP contribution in [0.5, 0.6) is 0 Å². The van der Waals surface area contributed by atoms with Gasteiger partial charge in [0.2, 0.25) is 15.9 Å². The third kappa shape index (κ3) is 2.91. The monoisotopic (exact) mass is 312 g/mol. The minimum Gasteiger partial charge on any atom is -0.481 e. The Bertz CT molecular complexity index is 699. The molecule has 0 saturated carbocycles. The Morgan fingerprint density at radius 2 is 2.05 bits per heavy atom. The predicted molar refractivity (Wildman–Crippen MR) is 74.2 cm³/mol. The van der Waals surface area contributed by atoms with Gasteiger partial charge >= 0.3 is 5.97 Å². The van der Waals surface area contributed by atoms with Gasteiger partial charge in [-0.25, -0.2) is 8.42 Å². The maximum Gasteiger partial charge on any atom is 0.307 e. The lowest BCUT2D eigenvalue weighted by molar-refractivity contribution is -0.141. The normalized spacial score (nSPS) is 19.6. The summed E-state index contributed by atoms with van der Waals surface area (Å²) >= 11 is 0. The van der Waals surface area contributed by atoms with E-state index in [1.54, 1.807) is 6.92 Å². The highest BCUT2D eigenvalue weighted by Gasteiger charge is 2.36. The van der Waals surface area contributed by atoms with Crippen LogP contribution in [-0.4, -0.2) is 42.8 Å². The van der Waals surface area contributed by atoms with Gasteiger partial charge in [0.25, 0.3) is 0 Å². The minimum atomic E-state index is -3.82. The zero-order chi connectivity index (χ0) is 15.8. The van der Waals surface area contributed by atoms with E-state index in [0.717, 1.165) is 4.31 Å². The summed E-state index contributed by atoms with van der Waals surface area (Å²) in [7, 11) is -3.82. The molecular weight excluding hydrogens is 296 g/mol. The maximum atomic E-state index is 12.5. The van der Waals surface area contributed by atoms with Gasteiger partial charge in [0.1, 0.15) is 0 Å². The summed E-state index contributed by atoms with van der Waals surface area (Å²) in [6.07, 6.45) is 0.281. The molecular formula is C13H16N2O5S. The van der Waals surface area contributed by atoms with Gasteiger partial charge in [-0.15, -0.1) is 0 Å². The van der Waals surface area contributed by atoms with Crippen molar-refractivity contribution >= 4 is 21.9 Å². The van der Waals surface area contributed by atoms with Crippen LogP contribution >= 0.6 is 0 Å². The van der Waals surface area contributed by atoms with Crippen LogP contribution in [0.15, 0.2) is 23.1 Å². The number of sulfonamides is 1. The van der Waals surface area contributed by atoms with Gasteiger partial charge in [0.05, 0.1) is 10.8 Å². The van der Waals surface area contributed by atoms with Crippen LogP contribution in [-0.2, 0) is 14.8 Å². The molecule has 8 heteroatoms. The Kier molecular flexibility index (Phi) is 4.02. The number of aryl methyl sites for hydroxylation is 1. The van der Waals surface area contributed by atoms with E-state index in [1.165, 1.54) is 18.2 Å². The molecule has 0 bridgehead atoms. The van der Waals surface area contributed by atoms with Gasteiger partial charge in [0, 0.05) is 18.7 Å². The number of carboxylic acids is 1. The van der Waals surface area contributed by atoms with Gasteiger partial charge in [-0.05, 0) is 31.0 Å². The van der Waals surface area contributed by atoms with Crippen LogP contribution in [0.25, 0.3) is 0 Å². The average molecular weight is 312 g/mol. The molecule has 1 saturated heterocycles. The quantitative estimate of drug-likeness (QED) is 0.822. The lowest BCUT2D eigenvalue weighted by Crippen LogP contribution is -2.30. The Hall–Kier alpha value is -1.93. The second-order valence-electron chi connectivity index (χ2n) is 5.03. The number of hydrogen-bond donors (Lipinski definition) is 2. The molecule has 21 heavy (non-hydrogen) atoms. The molecule has 7 nitrogen and oxygen atoms in total. The number of carbonyl (C=O) groups is 2. The summed E-state index contributed by atoms with van der Waals surface area (Å²) in [5.41, 5.74) is 5.95. The first-order valence-corrected chi connectivity index (χ1v) is 7.81. The summed E-state index contributed by atoms with van der Waals surface area (Å²) in [6, 6.07) is 4.14. The fraction of sp³-hybridized carbons (Fsp3) is 0.385. The smallest absolute Gasteiger partial charge is 0.307 e. The number of aliphatic carboxylic acids is 1. The Balaban J connectivity index is 2.35. The number of hydrogen-bond acceptors (Lipinski definition) is 4. The van der Waals surface area contributed by atoms with Crippen LogP contribution in [0.1, 0.15) is 22.3 Å². The molecule has 3 N–H and O–H groups in total. The fourth-order valence-electron chi connectivity index (χ4n) is 2.32. The molecule has 0 aliphatic carbocycles. The van der Waals surface area contributed by atoms with Gasteiger partial charge < -0.3 is 10.8 Å². The highest BCUT2D eigenvalue weighted by atomic mass is 32.2. The summed E-state index contributed by atoms with van der Waals surface area (Å²) in [4.78, 5) is 22.2. The van der Waals surface area contributed by atoms with E-state index in [9.17, 15) is 18.0 Å². The van der Waals surface area contributed by atoms with Crippen LogP contribution in [0.3, 0.4) is 0 Å². The van der Waals surface area contributed by atoms with Crippen LogP contribution in [0.2, 0.25) is 0 Å². The lowest BCUT2D eigenvalue weighted by atomic mass is 10.1. The topological polar surface area (TPSA) is 118 Å². The second-order valence-corrected chi connectivity index (χ2v) is 6.97. The van der Waals surface area contributed by atoms with E-state index >= 15 is 0 Å². The largest absolute Gasteiger partial charge is 0.481 e. The molecule has 114 valence electrons. The molecule has 2 rings (SSSR count). The summed E-state index contributed by atoms with van der Waals surface area (Å²) in [5.74, 6) is -2.40. The van der Waals surface area contributed by atoms with Gasteiger partial charge in [-0.2, -0.15) is 4.31 Å². The lowest BCUT2D eigenvalue weighted by Gasteiger charge is -2.16. The molecule has 1 atom stereocenters. The number of primary amides is 1. The molecule has 1 amide bonds. The maximum absolute atomic E-state index is 12.5. The zero-order valence-electron chi connectivity index (χ0n) is 11.4. The molecule has 0 unspecified atom stereocenters. The second kappa shape index (κ2) is 5.45. The number of amides is 1. The Morgan fingerprint density at radius 3 is 2.57 bits per heavy atom. The minimum absolute atomic E-state index is 0.0482. The standard InChI is InChI=1S/C13H16N2O5S/c1-8-2-3-10(6-11(8)12(14)16)21(19,20)15-5-4-9(7-15)13(17)18/h2-3,6,9H,4-5,7H2,1H3,(H2,14,16)(H,17,18)/t9-/m1/s1. The van der Waals surface area contributed by atoms with Crippen molar-refractivity contribution in [2.24, 2.45) is 11.7 Å². The van der Waals surface area contributed by atoms with Crippen molar-refractivity contribution < 1.29 is 23.1 Å². The molecule has 1 aliphatic rings. The van der Waals surface area contributed by atoms with Gasteiger partial charge in [-0.1, -0.05) is 6.07 Å². The molecule has 1 aromatic rings. The van der Waals surface area contributed by atoms with E-state index in [1.807, 2.05) is 0 Å². The number of rotatable bonds is 4. The number of nitrogens with zero attached hydrogens (tertiary/aromatic N) is 1. The SMILES string of the molecule is Cc1ccc(S(=O)(=O)N2CC[C@@H](C(=O)O)C2)cc1C(N)=O. The van der Waals surface area contributed by atoms with Crippen molar-refractivity contribution in [1.29, 1.82) is 0 Å². The summed E-state index contributed by atoms with van der Waals surface area (Å²) < 4.78 is 26.1. The van der Waals surface area contributed by atoms with Crippen molar-refractivity contribution in [3.8, 4) is 0 Å². The molecule has 1 aliphatic heterocycles. The Labute approximate surface area is 122 Å². The molecule has 0 spiro atoms. The zero-order valence-corrected chi connectivity index (χ0v) is 12.3. The van der Waals surface area contributed by atoms with Crippen molar-refractivity contribution in [3.05, 3.63) is 29.3 Å². The average Bonchev–Trinajstić information content (AvgIpc) is 2.89. The molecule has 0 aromatic heterocycles. The fourth-order valence-corrected chi connectivity index (χ4v) is 3.85. The van der Waals surface area contributed by atoms with E-state index in [0.29, 0.717) is 5.56 Å². The van der Waals surface area contributed by atoms with Crippen molar-refractivity contribution in [2.75, 3.05) is 13.1 Å². The molecule has 1 fully saturated rings. The summed E-state index contributed by atoms with van der Waals surface area (Å²) in [5, 5.41) is 8.94. The first-order valence-electron chi connectivity index (χ1n) is 6.37. The molecule has 0 radical (unpaired) electrons. The van der Waals surface area contributed by atoms with E-state index in [4.69, 9.17) is 10.8 Å². The van der Waals surface area contributed by atoms with Gasteiger partial charge in [0.15, 0.2) is 0 Å². The van der Waals surface area contributed by atoms with Gasteiger partial charge in [-0.3, -0.25) is 9.59 Å². The van der Waals surface area contributed by atoms with E-state index < -0.39 is 27.8 Å². The van der Waals surface area contributed by atoms with Crippen LogP contribution in [0, 0.1) is 12.8 Å². The van der Waals surface area contributed by atoms with Crippen LogP contribution in [0.4, 0.5) is 0 Å². The van der Waals surface area contributed by atoms with Crippen LogP contribution < -0.4 is 5.73 Å². The third-order valence-corrected chi connectivity index (χ3v) is 5.47. The first kappa shape index (κ1) is 15.5. The number of carbonyl (C=O) groups excluding carboxylic acids is 1. The highest BCUT2D eigenvalue weighted by molar-refractivity contribution is 7.89. The first-order chi connectivity index (χ1) is 9.73. The predicted octanol–water partition coefficient (Wildman–Crippen LogP) is 0.189. The van der Waals surface area contributed by atoms with E-state index in [-0.39, 0.29) is 30.0 Å². The number of nitrogens with two attached hydrogens (primary N) is 1. The van der Waals surface area contributed by atoms with Crippen molar-refractivity contribution in [3.63, 3.8) is 0 Å². The number of carboxylic acid groups (broad SMARTS) is 1. The Morgan fingerprint density at radius 1 is 1.38 bits per heavy atom.